The fourth-order valence-corrected chi connectivity index (χ4v) is 6.31. The molecule has 4 aromatic heterocycles. The Bertz CT molecular complexity index is 1850. The highest BCUT2D eigenvalue weighted by Gasteiger charge is 2.41. The normalized spacial score (nSPS) is 17.7. The van der Waals surface area contributed by atoms with Crippen LogP contribution < -0.4 is 5.32 Å². The first-order valence-electron chi connectivity index (χ1n) is 15.5. The smallest absolute Gasteiger partial charge is 0.315 e. The van der Waals surface area contributed by atoms with Gasteiger partial charge in [0, 0.05) is 35.6 Å². The quantitative estimate of drug-likeness (QED) is 0.261. The van der Waals surface area contributed by atoms with Gasteiger partial charge < -0.3 is 19.3 Å². The first-order valence-corrected chi connectivity index (χ1v) is 15.5. The second-order valence-electron chi connectivity index (χ2n) is 13.1. The second kappa shape index (κ2) is 11.2. The molecule has 1 saturated heterocycles. The zero-order valence-electron chi connectivity index (χ0n) is 26.3. The molecule has 5 heterocycles. The number of aromatic nitrogens is 7. The highest BCUT2D eigenvalue weighted by atomic mass is 16.7. The SMILES string of the molecule is Cc1cc(-c2nc(-c3cnn(C4CCC5(CC4)OCCO5)c3)cn3nccc23)ccc1[C@@H](C)NC(=O)c1nc(C(C)(C)C)no1. The Labute approximate surface area is 261 Å². The number of benzene rings is 1. The minimum Gasteiger partial charge on any atom is -0.348 e. The summed E-state index contributed by atoms with van der Waals surface area (Å²) in [4.78, 5) is 22.3. The summed E-state index contributed by atoms with van der Waals surface area (Å²) in [6.45, 7) is 11.2. The number of hydrogen-bond donors (Lipinski definition) is 1. The second-order valence-corrected chi connectivity index (χ2v) is 13.1. The van der Waals surface area contributed by atoms with Crippen LogP contribution in [0.5, 0.6) is 0 Å². The number of fused-ring (bicyclic) bond motifs is 1. The van der Waals surface area contributed by atoms with Crippen LogP contribution >= 0.6 is 0 Å². The molecule has 45 heavy (non-hydrogen) atoms. The molecular formula is C33H38N8O4. The van der Waals surface area contributed by atoms with Gasteiger partial charge in [-0.05, 0) is 49.9 Å². The molecule has 1 spiro atoms. The van der Waals surface area contributed by atoms with Crippen molar-refractivity contribution in [2.24, 2.45) is 0 Å². The van der Waals surface area contributed by atoms with Gasteiger partial charge in [-0.1, -0.05) is 38.1 Å². The summed E-state index contributed by atoms with van der Waals surface area (Å²) < 4.78 is 20.9. The standard InChI is InChI=1S/C33H38N8O4/c1-20-16-22(6-7-25(20)21(2)36-29(42)30-38-31(39-45-30)32(3,4)5)28-27-10-13-34-41(27)19-26(37-28)23-17-35-40(18-23)24-8-11-33(12-9-24)43-14-15-44-33/h6-7,10,13,16-19,21,24H,8-9,11-12,14-15H2,1-5H3,(H,36,42)/t21-/m1/s1. The molecule has 0 radical (unpaired) electrons. The molecule has 2 fully saturated rings. The van der Waals surface area contributed by atoms with E-state index in [4.69, 9.17) is 24.1 Å². The molecule has 0 unspecified atom stereocenters. The minimum absolute atomic E-state index is 0.0437. The molecule has 1 aromatic carbocycles. The Morgan fingerprint density at radius 2 is 1.82 bits per heavy atom. The van der Waals surface area contributed by atoms with Crippen LogP contribution in [0.4, 0.5) is 0 Å². The third-order valence-electron chi connectivity index (χ3n) is 8.84. The van der Waals surface area contributed by atoms with Gasteiger partial charge in [0.05, 0.1) is 60.8 Å². The lowest BCUT2D eigenvalue weighted by molar-refractivity contribution is -0.181. The summed E-state index contributed by atoms with van der Waals surface area (Å²) in [7, 11) is 0. The number of rotatable bonds is 6. The lowest BCUT2D eigenvalue weighted by atomic mass is 9.90. The van der Waals surface area contributed by atoms with Crippen molar-refractivity contribution in [3.63, 3.8) is 0 Å². The van der Waals surface area contributed by atoms with E-state index in [2.05, 4.69) is 37.5 Å². The van der Waals surface area contributed by atoms with Crippen molar-refractivity contribution < 1.29 is 18.8 Å². The van der Waals surface area contributed by atoms with Crippen molar-refractivity contribution in [2.75, 3.05) is 13.2 Å². The van der Waals surface area contributed by atoms with E-state index in [-0.39, 0.29) is 17.3 Å². The molecule has 12 heteroatoms. The molecule has 1 amide bonds. The van der Waals surface area contributed by atoms with Gasteiger partial charge in [-0.3, -0.25) is 9.48 Å². The molecule has 1 atom stereocenters. The van der Waals surface area contributed by atoms with Crippen LogP contribution in [-0.4, -0.2) is 59.4 Å². The highest BCUT2D eigenvalue weighted by Crippen LogP contribution is 2.40. The van der Waals surface area contributed by atoms with Crippen LogP contribution in [0.3, 0.4) is 0 Å². The maximum absolute atomic E-state index is 12.9. The minimum atomic E-state index is -0.405. The number of nitrogens with one attached hydrogen (secondary N) is 1. The van der Waals surface area contributed by atoms with Crippen LogP contribution in [0, 0.1) is 6.92 Å². The molecule has 12 nitrogen and oxygen atoms in total. The number of aryl methyl sites for hydroxylation is 1. The van der Waals surface area contributed by atoms with Crippen LogP contribution in [0.25, 0.3) is 28.0 Å². The van der Waals surface area contributed by atoms with E-state index < -0.39 is 11.7 Å². The fraction of sp³-hybridized carbons (Fsp3) is 0.455. The van der Waals surface area contributed by atoms with Crippen molar-refractivity contribution in [1.29, 1.82) is 0 Å². The van der Waals surface area contributed by atoms with Gasteiger partial charge in [-0.2, -0.15) is 15.2 Å². The van der Waals surface area contributed by atoms with E-state index in [0.29, 0.717) is 25.1 Å². The van der Waals surface area contributed by atoms with Gasteiger partial charge in [0.25, 0.3) is 0 Å². The summed E-state index contributed by atoms with van der Waals surface area (Å²) in [6, 6.07) is 8.12. The molecule has 1 aliphatic heterocycles. The summed E-state index contributed by atoms with van der Waals surface area (Å²) in [5, 5.41) is 16.2. The number of amides is 1. The van der Waals surface area contributed by atoms with Crippen molar-refractivity contribution in [3.8, 4) is 22.5 Å². The number of carbonyl (C=O) groups excluding carboxylic acids is 1. The van der Waals surface area contributed by atoms with E-state index in [1.807, 2.05) is 69.7 Å². The summed E-state index contributed by atoms with van der Waals surface area (Å²) in [5.74, 6) is -0.351. The number of carbonyl (C=O) groups is 1. The third kappa shape index (κ3) is 5.64. The lowest BCUT2D eigenvalue weighted by Gasteiger charge is -2.35. The molecule has 234 valence electrons. The van der Waals surface area contributed by atoms with Gasteiger partial charge >= 0.3 is 11.8 Å². The molecule has 1 N–H and O–H groups in total. The van der Waals surface area contributed by atoms with E-state index in [0.717, 1.165) is 64.8 Å². The van der Waals surface area contributed by atoms with Crippen molar-refractivity contribution in [2.45, 2.75) is 83.6 Å². The Morgan fingerprint density at radius 1 is 1.04 bits per heavy atom. The fourth-order valence-electron chi connectivity index (χ4n) is 6.31. The monoisotopic (exact) mass is 610 g/mol. The van der Waals surface area contributed by atoms with E-state index in [1.54, 1.807) is 6.20 Å². The average Bonchev–Trinajstić information content (AvgIpc) is 3.83. The van der Waals surface area contributed by atoms with Gasteiger partial charge in [0.2, 0.25) is 0 Å². The van der Waals surface area contributed by atoms with Crippen LogP contribution in [0.2, 0.25) is 0 Å². The summed E-state index contributed by atoms with van der Waals surface area (Å²) in [6.07, 6.45) is 11.3. The van der Waals surface area contributed by atoms with Gasteiger partial charge in [0.15, 0.2) is 11.6 Å². The van der Waals surface area contributed by atoms with Crippen molar-refractivity contribution in [1.82, 2.24) is 39.8 Å². The number of hydrogen-bond acceptors (Lipinski definition) is 9. The molecular weight excluding hydrogens is 572 g/mol. The van der Waals surface area contributed by atoms with Crippen molar-refractivity contribution >= 4 is 11.4 Å². The van der Waals surface area contributed by atoms with Crippen LogP contribution in [-0.2, 0) is 14.9 Å². The van der Waals surface area contributed by atoms with Gasteiger partial charge in [-0.15, -0.1) is 0 Å². The maximum Gasteiger partial charge on any atom is 0.315 e. The van der Waals surface area contributed by atoms with Crippen LogP contribution in [0.1, 0.15) is 93.1 Å². The number of ether oxygens (including phenoxy) is 2. The van der Waals surface area contributed by atoms with Gasteiger partial charge in [-0.25, -0.2) is 9.50 Å². The Hall–Kier alpha value is -4.42. The predicted molar refractivity (Wildman–Crippen MR) is 165 cm³/mol. The van der Waals surface area contributed by atoms with Crippen LogP contribution in [0.15, 0.2) is 53.6 Å². The number of nitrogens with zero attached hydrogens (tertiary/aromatic N) is 7. The Morgan fingerprint density at radius 3 is 2.53 bits per heavy atom. The van der Waals surface area contributed by atoms with Crippen molar-refractivity contribution in [3.05, 3.63) is 71.9 Å². The maximum atomic E-state index is 12.9. The molecule has 1 aliphatic carbocycles. The molecule has 7 rings (SSSR count). The van der Waals surface area contributed by atoms with E-state index in [1.165, 1.54) is 0 Å². The zero-order valence-corrected chi connectivity index (χ0v) is 26.3. The first-order chi connectivity index (χ1) is 21.6. The third-order valence-corrected chi connectivity index (χ3v) is 8.84. The Kier molecular flexibility index (Phi) is 7.28. The summed E-state index contributed by atoms with van der Waals surface area (Å²) >= 11 is 0. The molecule has 2 aliphatic rings. The molecule has 0 bridgehead atoms. The Balaban J connectivity index is 1.11. The first kappa shape index (κ1) is 29.3. The van der Waals surface area contributed by atoms with E-state index >= 15 is 0 Å². The van der Waals surface area contributed by atoms with Gasteiger partial charge in [0.1, 0.15) is 0 Å². The molecule has 5 aromatic rings. The zero-order chi connectivity index (χ0) is 31.3. The average molecular weight is 611 g/mol. The summed E-state index contributed by atoms with van der Waals surface area (Å²) in [5.41, 5.74) is 6.08. The van der Waals surface area contributed by atoms with E-state index in [9.17, 15) is 4.79 Å². The largest absolute Gasteiger partial charge is 0.348 e. The molecule has 1 saturated carbocycles. The lowest BCUT2D eigenvalue weighted by Crippen LogP contribution is -2.35. The topological polar surface area (TPSA) is 134 Å². The highest BCUT2D eigenvalue weighted by molar-refractivity contribution is 5.89. The predicted octanol–water partition coefficient (Wildman–Crippen LogP) is 5.60.